The topological polar surface area (TPSA) is 84.6 Å². The maximum Gasteiger partial charge on any atom is 0.189 e. The van der Waals surface area contributed by atoms with Crippen LogP contribution in [0.2, 0.25) is 5.02 Å². The molecule has 0 unspecified atom stereocenters. The third kappa shape index (κ3) is 3.36. The molecule has 3 aromatic rings. The van der Waals surface area contributed by atoms with Gasteiger partial charge in [0.25, 0.3) is 0 Å². The van der Waals surface area contributed by atoms with E-state index in [9.17, 15) is 14.3 Å². The van der Waals surface area contributed by atoms with Gasteiger partial charge in [-0.05, 0) is 31.2 Å². The molecule has 0 radical (unpaired) electrons. The number of carboxylic acid groups (broad SMARTS) is 1. The highest BCUT2D eigenvalue weighted by atomic mass is 35.5. The highest BCUT2D eigenvalue weighted by Gasteiger charge is 2.19. The summed E-state index contributed by atoms with van der Waals surface area (Å²) in [5.41, 5.74) is 0.659. The zero-order valence-corrected chi connectivity index (χ0v) is 13.8. The Balaban J connectivity index is 2.01. The maximum absolute atomic E-state index is 14.4. The third-order valence-electron chi connectivity index (χ3n) is 3.40. The van der Waals surface area contributed by atoms with Crippen molar-refractivity contribution in [2.24, 2.45) is 0 Å². The highest BCUT2D eigenvalue weighted by molar-refractivity contribution is 6.36. The monoisotopic (exact) mass is 364 g/mol. The molecule has 0 atom stereocenters. The molecule has 25 heavy (non-hydrogen) atoms. The standard InChI is InChI=1S/C17H13ClFNO5/c1-2-23-9-3-4-10(12(19)7-9)16-11-5-6-13(24-8-14(21)22)15(18)17(11)25-20-16/h3-7H,2,8H2,1H3,(H,21,22)/p-1. The minimum Gasteiger partial charge on any atom is -0.546 e. The van der Waals surface area contributed by atoms with Gasteiger partial charge in [-0.2, -0.15) is 0 Å². The van der Waals surface area contributed by atoms with Crippen LogP contribution < -0.4 is 14.6 Å². The highest BCUT2D eigenvalue weighted by Crippen LogP contribution is 2.38. The van der Waals surface area contributed by atoms with E-state index in [0.717, 1.165) is 0 Å². The van der Waals surface area contributed by atoms with Crippen molar-refractivity contribution in [1.29, 1.82) is 0 Å². The molecule has 0 saturated heterocycles. The molecule has 6 nitrogen and oxygen atoms in total. The van der Waals surface area contributed by atoms with Crippen LogP contribution in [0.3, 0.4) is 0 Å². The lowest BCUT2D eigenvalue weighted by Crippen LogP contribution is -2.28. The van der Waals surface area contributed by atoms with Gasteiger partial charge in [0.2, 0.25) is 0 Å². The number of benzene rings is 2. The molecule has 0 aliphatic rings. The first-order valence-corrected chi connectivity index (χ1v) is 7.72. The van der Waals surface area contributed by atoms with Crippen LogP contribution in [-0.2, 0) is 4.79 Å². The first kappa shape index (κ1) is 17.0. The summed E-state index contributed by atoms with van der Waals surface area (Å²) in [6.07, 6.45) is 0. The summed E-state index contributed by atoms with van der Waals surface area (Å²) in [6, 6.07) is 7.44. The SMILES string of the molecule is CCOc1ccc(-c2noc3c(Cl)c(OCC(=O)[O-])ccc23)c(F)c1. The first-order valence-electron chi connectivity index (χ1n) is 7.34. The molecule has 1 aromatic heterocycles. The molecule has 130 valence electrons. The van der Waals surface area contributed by atoms with Gasteiger partial charge in [-0.15, -0.1) is 0 Å². The van der Waals surface area contributed by atoms with Crippen molar-refractivity contribution in [3.8, 4) is 22.8 Å². The van der Waals surface area contributed by atoms with Crippen LogP contribution >= 0.6 is 11.6 Å². The molecule has 0 saturated carbocycles. The Morgan fingerprint density at radius 1 is 1.32 bits per heavy atom. The molecule has 1 heterocycles. The van der Waals surface area contributed by atoms with Crippen LogP contribution in [0.1, 0.15) is 6.92 Å². The molecule has 0 N–H and O–H groups in total. The minimum absolute atomic E-state index is 0.0452. The Kier molecular flexibility index (Phi) is 4.76. The van der Waals surface area contributed by atoms with E-state index in [1.165, 1.54) is 18.2 Å². The van der Waals surface area contributed by atoms with Crippen LogP contribution in [-0.4, -0.2) is 24.3 Å². The second kappa shape index (κ2) is 6.98. The van der Waals surface area contributed by atoms with E-state index >= 15 is 0 Å². The molecule has 0 aliphatic heterocycles. The number of carboxylic acids is 1. The number of rotatable bonds is 6. The van der Waals surface area contributed by atoms with Gasteiger partial charge in [0.05, 0.1) is 18.0 Å². The van der Waals surface area contributed by atoms with E-state index < -0.39 is 18.4 Å². The fraction of sp³-hybridized carbons (Fsp3) is 0.176. The quantitative estimate of drug-likeness (QED) is 0.668. The molecule has 0 bridgehead atoms. The number of halogens is 2. The number of aromatic nitrogens is 1. The number of ether oxygens (including phenoxy) is 2. The van der Waals surface area contributed by atoms with Crippen LogP contribution in [0.5, 0.6) is 11.5 Å². The molecule has 3 rings (SSSR count). The zero-order chi connectivity index (χ0) is 18.0. The summed E-state index contributed by atoms with van der Waals surface area (Å²) < 4.78 is 29.8. The Morgan fingerprint density at radius 3 is 2.80 bits per heavy atom. The molecular formula is C17H12ClFNO5-. The lowest BCUT2D eigenvalue weighted by molar-refractivity contribution is -0.307. The van der Waals surface area contributed by atoms with Crippen molar-refractivity contribution >= 4 is 28.5 Å². The van der Waals surface area contributed by atoms with Gasteiger partial charge < -0.3 is 23.9 Å². The summed E-state index contributed by atoms with van der Waals surface area (Å²) >= 11 is 6.15. The molecule has 2 aromatic carbocycles. The molecular weight excluding hydrogens is 353 g/mol. The van der Waals surface area contributed by atoms with Crippen molar-refractivity contribution < 1.29 is 28.3 Å². The van der Waals surface area contributed by atoms with E-state index in [1.807, 2.05) is 0 Å². The lowest BCUT2D eigenvalue weighted by Gasteiger charge is -2.08. The zero-order valence-electron chi connectivity index (χ0n) is 13.0. The van der Waals surface area contributed by atoms with Gasteiger partial charge in [-0.3, -0.25) is 0 Å². The second-order valence-corrected chi connectivity index (χ2v) is 5.40. The first-order chi connectivity index (χ1) is 12.0. The number of aliphatic carboxylic acids is 1. The van der Waals surface area contributed by atoms with Crippen LogP contribution in [0.15, 0.2) is 34.9 Å². The van der Waals surface area contributed by atoms with Crippen LogP contribution in [0.25, 0.3) is 22.2 Å². The maximum atomic E-state index is 14.4. The summed E-state index contributed by atoms with van der Waals surface area (Å²) in [4.78, 5) is 10.5. The Bertz CT molecular complexity index is 940. The van der Waals surface area contributed by atoms with Crippen molar-refractivity contribution in [2.45, 2.75) is 6.92 Å². The van der Waals surface area contributed by atoms with Crippen molar-refractivity contribution in [2.75, 3.05) is 13.2 Å². The summed E-state index contributed by atoms with van der Waals surface area (Å²) in [6.45, 7) is 1.58. The van der Waals surface area contributed by atoms with E-state index in [0.29, 0.717) is 17.7 Å². The van der Waals surface area contributed by atoms with Gasteiger partial charge in [0.15, 0.2) is 5.58 Å². The summed E-state index contributed by atoms with van der Waals surface area (Å²) in [5, 5.41) is 14.9. The fourth-order valence-electron chi connectivity index (χ4n) is 2.34. The van der Waals surface area contributed by atoms with Gasteiger partial charge in [0.1, 0.15) is 34.6 Å². The Labute approximate surface area is 146 Å². The number of hydrogen-bond acceptors (Lipinski definition) is 6. The predicted molar refractivity (Wildman–Crippen MR) is 86.1 cm³/mol. The second-order valence-electron chi connectivity index (χ2n) is 5.02. The van der Waals surface area contributed by atoms with Crippen molar-refractivity contribution in [3.63, 3.8) is 0 Å². The smallest absolute Gasteiger partial charge is 0.189 e. The minimum atomic E-state index is -1.38. The molecule has 0 aliphatic carbocycles. The number of fused-ring (bicyclic) bond motifs is 1. The van der Waals surface area contributed by atoms with E-state index in [4.69, 9.17) is 25.6 Å². The van der Waals surface area contributed by atoms with E-state index in [1.54, 1.807) is 19.1 Å². The molecule has 0 fully saturated rings. The average molecular weight is 365 g/mol. The van der Waals surface area contributed by atoms with Crippen LogP contribution in [0, 0.1) is 5.82 Å². The predicted octanol–water partition coefficient (Wildman–Crippen LogP) is 2.81. The average Bonchev–Trinajstić information content (AvgIpc) is 2.99. The number of nitrogens with zero attached hydrogens (tertiary/aromatic N) is 1. The number of carbonyl (C=O) groups excluding carboxylic acids is 1. The largest absolute Gasteiger partial charge is 0.546 e. The van der Waals surface area contributed by atoms with Crippen molar-refractivity contribution in [1.82, 2.24) is 5.16 Å². The number of hydrogen-bond donors (Lipinski definition) is 0. The third-order valence-corrected chi connectivity index (χ3v) is 3.76. The van der Waals surface area contributed by atoms with E-state index in [-0.39, 0.29) is 27.6 Å². The fourth-order valence-corrected chi connectivity index (χ4v) is 2.59. The van der Waals surface area contributed by atoms with E-state index in [2.05, 4.69) is 5.16 Å². The van der Waals surface area contributed by atoms with Gasteiger partial charge in [0, 0.05) is 11.6 Å². The van der Waals surface area contributed by atoms with Gasteiger partial charge in [-0.25, -0.2) is 4.39 Å². The normalized spacial score (nSPS) is 10.8. The Hall–Kier alpha value is -2.80. The van der Waals surface area contributed by atoms with Gasteiger partial charge in [-0.1, -0.05) is 16.8 Å². The number of carbonyl (C=O) groups is 1. The Morgan fingerprint density at radius 2 is 2.12 bits per heavy atom. The van der Waals surface area contributed by atoms with Crippen LogP contribution in [0.4, 0.5) is 4.39 Å². The lowest BCUT2D eigenvalue weighted by atomic mass is 10.1. The summed E-state index contributed by atoms with van der Waals surface area (Å²) in [7, 11) is 0. The molecule has 0 amide bonds. The molecule has 8 heteroatoms. The summed E-state index contributed by atoms with van der Waals surface area (Å²) in [5.74, 6) is -1.39. The van der Waals surface area contributed by atoms with Crippen molar-refractivity contribution in [3.05, 3.63) is 41.2 Å². The molecule has 0 spiro atoms. The van der Waals surface area contributed by atoms with Gasteiger partial charge >= 0.3 is 0 Å².